The Labute approximate surface area is 73.4 Å². The Morgan fingerprint density at radius 2 is 2.50 bits per heavy atom. The quantitative estimate of drug-likeness (QED) is 0.352. The van der Waals surface area contributed by atoms with Gasteiger partial charge in [0.25, 0.3) is 0 Å². The van der Waals surface area contributed by atoms with Gasteiger partial charge in [-0.3, -0.25) is 0 Å². The number of hydrogen-bond acceptors (Lipinski definition) is 1. The molecule has 12 heavy (non-hydrogen) atoms. The van der Waals surface area contributed by atoms with Crippen molar-refractivity contribution in [3.63, 3.8) is 0 Å². The molecule has 2 bridgehead atoms. The molecule has 2 atom stereocenters. The maximum absolute atomic E-state index is 5.31. The van der Waals surface area contributed by atoms with Gasteiger partial charge in [-0.2, -0.15) is 0 Å². The summed E-state index contributed by atoms with van der Waals surface area (Å²) in [6, 6.07) is 0. The fraction of sp³-hybridized carbons (Fsp3) is 0.455. The minimum absolute atomic E-state index is 0.630. The molecule has 1 heteroatoms. The first-order valence-electron chi connectivity index (χ1n) is 4.50. The first kappa shape index (κ1) is 7.66. The van der Waals surface area contributed by atoms with Gasteiger partial charge >= 0.3 is 0 Å². The summed E-state index contributed by atoms with van der Waals surface area (Å²) >= 11 is 0. The highest BCUT2D eigenvalue weighted by molar-refractivity contribution is 5.25. The Morgan fingerprint density at radius 3 is 3.08 bits per heavy atom. The molecule has 0 aromatic carbocycles. The Kier molecular flexibility index (Phi) is 2.03. The van der Waals surface area contributed by atoms with E-state index in [1.54, 1.807) is 6.08 Å². The van der Waals surface area contributed by atoms with Crippen LogP contribution in [-0.2, 0) is 4.74 Å². The predicted molar refractivity (Wildman–Crippen MR) is 49.6 cm³/mol. The SMILES string of the molecule is C=CCO/C=C1/CC2C=CC1C2. The molecule has 0 N–H and O–H groups in total. The maximum atomic E-state index is 5.31. The van der Waals surface area contributed by atoms with E-state index in [0.29, 0.717) is 12.5 Å². The fourth-order valence-electron chi connectivity index (χ4n) is 2.01. The van der Waals surface area contributed by atoms with Gasteiger partial charge in [0.1, 0.15) is 6.61 Å². The van der Waals surface area contributed by atoms with E-state index in [4.69, 9.17) is 4.74 Å². The molecule has 2 rings (SSSR count). The van der Waals surface area contributed by atoms with E-state index in [1.165, 1.54) is 18.4 Å². The highest BCUT2D eigenvalue weighted by Gasteiger charge is 2.30. The summed E-state index contributed by atoms with van der Waals surface area (Å²) in [5.41, 5.74) is 1.46. The number of allylic oxidation sites excluding steroid dienone is 3. The van der Waals surface area contributed by atoms with Crippen LogP contribution >= 0.6 is 0 Å². The van der Waals surface area contributed by atoms with E-state index in [1.807, 2.05) is 6.26 Å². The number of hydrogen-bond donors (Lipinski definition) is 0. The molecule has 1 nitrogen and oxygen atoms in total. The van der Waals surface area contributed by atoms with Crippen LogP contribution in [0.2, 0.25) is 0 Å². The van der Waals surface area contributed by atoms with Gasteiger partial charge in [-0.25, -0.2) is 0 Å². The molecule has 0 aliphatic heterocycles. The summed E-state index contributed by atoms with van der Waals surface area (Å²) < 4.78 is 5.31. The Bertz CT molecular complexity index is 237. The molecule has 2 aliphatic rings. The van der Waals surface area contributed by atoms with Gasteiger partial charge in [0.05, 0.1) is 6.26 Å². The van der Waals surface area contributed by atoms with Gasteiger partial charge in [0, 0.05) is 5.92 Å². The lowest BCUT2D eigenvalue weighted by molar-refractivity contribution is 0.284. The van der Waals surface area contributed by atoms with E-state index in [2.05, 4.69) is 18.7 Å². The zero-order valence-electron chi connectivity index (χ0n) is 7.20. The van der Waals surface area contributed by atoms with Crippen LogP contribution in [0, 0.1) is 11.8 Å². The van der Waals surface area contributed by atoms with Crippen molar-refractivity contribution in [3.8, 4) is 0 Å². The second-order valence-electron chi connectivity index (χ2n) is 3.51. The molecule has 0 radical (unpaired) electrons. The standard InChI is InChI=1S/C11H14O/c1-2-5-12-8-11-7-9-3-4-10(11)6-9/h2-4,8-10H,1,5-7H2/b11-8-. The first-order valence-corrected chi connectivity index (χ1v) is 4.50. The summed E-state index contributed by atoms with van der Waals surface area (Å²) in [7, 11) is 0. The lowest BCUT2D eigenvalue weighted by atomic mass is 10.0. The van der Waals surface area contributed by atoms with Crippen LogP contribution < -0.4 is 0 Å². The molecule has 0 aromatic heterocycles. The van der Waals surface area contributed by atoms with E-state index < -0.39 is 0 Å². The van der Waals surface area contributed by atoms with Crippen molar-refractivity contribution >= 4 is 0 Å². The van der Waals surface area contributed by atoms with Crippen LogP contribution in [-0.4, -0.2) is 6.61 Å². The molecule has 0 heterocycles. The molecule has 64 valence electrons. The summed E-state index contributed by atoms with van der Waals surface area (Å²) in [5, 5.41) is 0. The molecule has 1 saturated carbocycles. The Balaban J connectivity index is 1.93. The van der Waals surface area contributed by atoms with Crippen LogP contribution in [0.4, 0.5) is 0 Å². The van der Waals surface area contributed by atoms with Gasteiger partial charge in [-0.15, -0.1) is 0 Å². The van der Waals surface area contributed by atoms with Crippen LogP contribution in [0.1, 0.15) is 12.8 Å². The van der Waals surface area contributed by atoms with Crippen molar-refractivity contribution in [2.45, 2.75) is 12.8 Å². The Hall–Kier alpha value is -0.980. The van der Waals surface area contributed by atoms with Gasteiger partial charge in [-0.05, 0) is 24.3 Å². The van der Waals surface area contributed by atoms with Gasteiger partial charge in [-0.1, -0.05) is 24.8 Å². The zero-order valence-corrected chi connectivity index (χ0v) is 7.20. The van der Waals surface area contributed by atoms with Crippen LogP contribution in [0.5, 0.6) is 0 Å². The van der Waals surface area contributed by atoms with Crippen LogP contribution in [0.3, 0.4) is 0 Å². The molecule has 1 fully saturated rings. The van der Waals surface area contributed by atoms with E-state index in [9.17, 15) is 0 Å². The second-order valence-corrected chi connectivity index (χ2v) is 3.51. The molecule has 0 aromatic rings. The topological polar surface area (TPSA) is 9.23 Å². The number of ether oxygens (including phenoxy) is 1. The molecular formula is C11H14O. The van der Waals surface area contributed by atoms with Crippen molar-refractivity contribution in [2.75, 3.05) is 6.61 Å². The largest absolute Gasteiger partial charge is 0.497 e. The third-order valence-corrected chi connectivity index (χ3v) is 2.60. The van der Waals surface area contributed by atoms with Gasteiger partial charge < -0.3 is 4.74 Å². The van der Waals surface area contributed by atoms with Crippen LogP contribution in [0.15, 0.2) is 36.6 Å². The highest BCUT2D eigenvalue weighted by atomic mass is 16.5. The van der Waals surface area contributed by atoms with E-state index in [-0.39, 0.29) is 0 Å². The van der Waals surface area contributed by atoms with E-state index >= 15 is 0 Å². The monoisotopic (exact) mass is 162 g/mol. The van der Waals surface area contributed by atoms with E-state index in [0.717, 1.165) is 5.92 Å². The fourth-order valence-corrected chi connectivity index (χ4v) is 2.01. The molecular weight excluding hydrogens is 148 g/mol. The third-order valence-electron chi connectivity index (χ3n) is 2.60. The average molecular weight is 162 g/mol. The lowest BCUT2D eigenvalue weighted by Gasteiger charge is -2.07. The van der Waals surface area contributed by atoms with Gasteiger partial charge in [0.15, 0.2) is 0 Å². The van der Waals surface area contributed by atoms with Crippen molar-refractivity contribution in [1.29, 1.82) is 0 Å². The molecule has 0 spiro atoms. The van der Waals surface area contributed by atoms with Crippen molar-refractivity contribution in [3.05, 3.63) is 36.6 Å². The normalized spacial score (nSPS) is 34.5. The first-order chi connectivity index (χ1) is 5.90. The van der Waals surface area contributed by atoms with Crippen molar-refractivity contribution < 1.29 is 4.74 Å². The molecule has 0 amide bonds. The van der Waals surface area contributed by atoms with Crippen molar-refractivity contribution in [2.24, 2.45) is 11.8 Å². The summed E-state index contributed by atoms with van der Waals surface area (Å²) in [5.74, 6) is 1.48. The number of rotatable bonds is 3. The zero-order chi connectivity index (χ0) is 8.39. The summed E-state index contributed by atoms with van der Waals surface area (Å²) in [6.45, 7) is 4.23. The van der Waals surface area contributed by atoms with Gasteiger partial charge in [0.2, 0.25) is 0 Å². The number of fused-ring (bicyclic) bond motifs is 2. The average Bonchev–Trinajstić information content (AvgIpc) is 2.65. The lowest BCUT2D eigenvalue weighted by Crippen LogP contribution is -1.93. The second kappa shape index (κ2) is 3.18. The molecule has 2 unspecified atom stereocenters. The third kappa shape index (κ3) is 1.31. The van der Waals surface area contributed by atoms with Crippen LogP contribution in [0.25, 0.3) is 0 Å². The Morgan fingerprint density at radius 1 is 1.58 bits per heavy atom. The molecule has 0 saturated heterocycles. The predicted octanol–water partition coefficient (Wildman–Crippen LogP) is 2.67. The molecule has 2 aliphatic carbocycles. The van der Waals surface area contributed by atoms with Crippen molar-refractivity contribution in [1.82, 2.24) is 0 Å². The smallest absolute Gasteiger partial charge is 0.105 e. The summed E-state index contributed by atoms with van der Waals surface area (Å²) in [6.07, 6.45) is 10.9. The summed E-state index contributed by atoms with van der Waals surface area (Å²) in [4.78, 5) is 0. The maximum Gasteiger partial charge on any atom is 0.105 e. The highest BCUT2D eigenvalue weighted by Crippen LogP contribution is 2.42. The minimum Gasteiger partial charge on any atom is -0.497 e. The minimum atomic E-state index is 0.630.